The van der Waals surface area contributed by atoms with Crippen LogP contribution in [0.4, 0.5) is 4.39 Å². The summed E-state index contributed by atoms with van der Waals surface area (Å²) in [6.07, 6.45) is 0.338. The molecule has 0 saturated carbocycles. The Labute approximate surface area is 214 Å². The number of carbonyl (C=O) groups is 2. The number of hydrogen-bond acceptors (Lipinski definition) is 3. The van der Waals surface area contributed by atoms with Crippen molar-refractivity contribution in [1.29, 1.82) is 0 Å². The van der Waals surface area contributed by atoms with E-state index in [-0.39, 0.29) is 24.1 Å². The van der Waals surface area contributed by atoms with E-state index >= 15 is 0 Å². The van der Waals surface area contributed by atoms with Gasteiger partial charge in [-0.2, -0.15) is 0 Å². The molecule has 1 atom stereocenters. The van der Waals surface area contributed by atoms with Gasteiger partial charge in [0.1, 0.15) is 6.04 Å². The fourth-order valence-electron chi connectivity index (χ4n) is 3.59. The van der Waals surface area contributed by atoms with Crippen LogP contribution in [0, 0.1) is 11.7 Å². The van der Waals surface area contributed by atoms with Gasteiger partial charge in [0.15, 0.2) is 18.2 Å². The van der Waals surface area contributed by atoms with Crippen LogP contribution in [0.25, 0.3) is 0 Å². The molecule has 5 nitrogen and oxygen atoms in total. The molecule has 0 heterocycles. The highest BCUT2D eigenvalue weighted by Crippen LogP contribution is 2.19. The van der Waals surface area contributed by atoms with Crippen LogP contribution in [-0.4, -0.2) is 35.9 Å². The molecule has 35 heavy (non-hydrogen) atoms. The first-order chi connectivity index (χ1) is 16.8. The fraction of sp³-hybridized carbons (Fsp3) is 0.286. The van der Waals surface area contributed by atoms with Crippen molar-refractivity contribution in [1.82, 2.24) is 10.2 Å². The number of ether oxygens (including phenoxy) is 1. The number of carbonyl (C=O) groups excluding carboxylic acids is 2. The third-order valence-electron chi connectivity index (χ3n) is 5.39. The Kier molecular flexibility index (Phi) is 9.85. The van der Waals surface area contributed by atoms with Gasteiger partial charge in [-0.05, 0) is 41.3 Å². The standard InChI is InChI=1S/C28H30BrFN2O3/c1-20(2)17-31-28(34)25(16-21-9-4-3-5-10-21)32(18-22-11-8-12-23(29)15-22)27(33)19-35-26-14-7-6-13-24(26)30/h3-15,20,25H,16-19H2,1-2H3,(H,31,34)/t25-/m1/s1. The van der Waals surface area contributed by atoms with Gasteiger partial charge in [-0.25, -0.2) is 4.39 Å². The van der Waals surface area contributed by atoms with Crippen molar-refractivity contribution in [2.24, 2.45) is 5.92 Å². The zero-order valence-corrected chi connectivity index (χ0v) is 21.5. The summed E-state index contributed by atoms with van der Waals surface area (Å²) < 4.78 is 20.4. The molecular formula is C28H30BrFN2O3. The number of nitrogens with zero attached hydrogens (tertiary/aromatic N) is 1. The van der Waals surface area contributed by atoms with Gasteiger partial charge in [0, 0.05) is 24.0 Å². The van der Waals surface area contributed by atoms with Gasteiger partial charge >= 0.3 is 0 Å². The molecule has 0 spiro atoms. The molecule has 1 N–H and O–H groups in total. The van der Waals surface area contributed by atoms with E-state index in [1.165, 1.54) is 17.0 Å². The molecule has 0 fully saturated rings. The van der Waals surface area contributed by atoms with Gasteiger partial charge in [-0.15, -0.1) is 0 Å². The summed E-state index contributed by atoms with van der Waals surface area (Å²) in [4.78, 5) is 28.4. The first kappa shape index (κ1) is 26.4. The summed E-state index contributed by atoms with van der Waals surface area (Å²) in [5.74, 6) is -0.943. The lowest BCUT2D eigenvalue weighted by Crippen LogP contribution is -2.52. The number of para-hydroxylation sites is 1. The number of halogens is 2. The van der Waals surface area contributed by atoms with Gasteiger partial charge < -0.3 is 15.0 Å². The molecule has 0 aromatic heterocycles. The van der Waals surface area contributed by atoms with E-state index in [1.54, 1.807) is 12.1 Å². The SMILES string of the molecule is CC(C)CNC(=O)[C@@H](Cc1ccccc1)N(Cc1cccc(Br)c1)C(=O)COc1ccccc1F. The third-order valence-corrected chi connectivity index (χ3v) is 5.88. The molecular weight excluding hydrogens is 511 g/mol. The molecule has 0 aliphatic rings. The highest BCUT2D eigenvalue weighted by Gasteiger charge is 2.31. The van der Waals surface area contributed by atoms with E-state index in [0.29, 0.717) is 13.0 Å². The zero-order valence-electron chi connectivity index (χ0n) is 19.9. The Bertz CT molecular complexity index is 1120. The van der Waals surface area contributed by atoms with E-state index in [0.717, 1.165) is 15.6 Å². The summed E-state index contributed by atoms with van der Waals surface area (Å²) in [5.41, 5.74) is 1.78. The first-order valence-electron chi connectivity index (χ1n) is 11.6. The van der Waals surface area contributed by atoms with E-state index in [1.807, 2.05) is 68.4 Å². The Morgan fingerprint density at radius 1 is 0.971 bits per heavy atom. The van der Waals surface area contributed by atoms with E-state index in [4.69, 9.17) is 4.74 Å². The average molecular weight is 541 g/mol. The van der Waals surface area contributed by atoms with E-state index < -0.39 is 24.4 Å². The number of nitrogens with one attached hydrogen (secondary N) is 1. The van der Waals surface area contributed by atoms with Crippen molar-refractivity contribution in [2.45, 2.75) is 32.9 Å². The minimum atomic E-state index is -0.771. The molecule has 2 amide bonds. The summed E-state index contributed by atoms with van der Waals surface area (Å²) in [5, 5.41) is 2.97. The van der Waals surface area contributed by atoms with E-state index in [9.17, 15) is 14.0 Å². The van der Waals surface area contributed by atoms with Gasteiger partial charge in [-0.3, -0.25) is 9.59 Å². The number of rotatable bonds is 11. The van der Waals surface area contributed by atoms with Crippen molar-refractivity contribution in [3.63, 3.8) is 0 Å². The lowest BCUT2D eigenvalue weighted by Gasteiger charge is -2.31. The van der Waals surface area contributed by atoms with Gasteiger partial charge in [0.2, 0.25) is 5.91 Å². The molecule has 184 valence electrons. The Morgan fingerprint density at radius 2 is 1.66 bits per heavy atom. The normalized spacial score (nSPS) is 11.7. The van der Waals surface area contributed by atoms with Crippen LogP contribution in [0.2, 0.25) is 0 Å². The van der Waals surface area contributed by atoms with Crippen LogP contribution in [0.1, 0.15) is 25.0 Å². The van der Waals surface area contributed by atoms with Crippen molar-refractivity contribution >= 4 is 27.7 Å². The molecule has 0 unspecified atom stereocenters. The molecule has 7 heteroatoms. The maximum atomic E-state index is 14.1. The highest BCUT2D eigenvalue weighted by atomic mass is 79.9. The van der Waals surface area contributed by atoms with Crippen LogP contribution in [0.5, 0.6) is 5.75 Å². The van der Waals surface area contributed by atoms with Crippen LogP contribution < -0.4 is 10.1 Å². The quantitative estimate of drug-likeness (QED) is 0.355. The van der Waals surface area contributed by atoms with Gasteiger partial charge in [0.05, 0.1) is 0 Å². The second-order valence-electron chi connectivity index (χ2n) is 8.72. The minimum Gasteiger partial charge on any atom is -0.481 e. The fourth-order valence-corrected chi connectivity index (χ4v) is 4.04. The Hall–Kier alpha value is -3.19. The minimum absolute atomic E-state index is 0.00729. The maximum absolute atomic E-state index is 14.1. The first-order valence-corrected chi connectivity index (χ1v) is 12.4. The number of benzene rings is 3. The molecule has 0 aliphatic heterocycles. The van der Waals surface area contributed by atoms with Crippen LogP contribution >= 0.6 is 15.9 Å². The lowest BCUT2D eigenvalue weighted by molar-refractivity contribution is -0.142. The molecule has 0 radical (unpaired) electrons. The van der Waals surface area contributed by atoms with Gasteiger partial charge in [0.25, 0.3) is 5.91 Å². The van der Waals surface area contributed by atoms with Crippen LogP contribution in [0.15, 0.2) is 83.3 Å². The van der Waals surface area contributed by atoms with Crippen LogP contribution in [-0.2, 0) is 22.6 Å². The Balaban J connectivity index is 1.91. The molecule has 3 aromatic carbocycles. The highest BCUT2D eigenvalue weighted by molar-refractivity contribution is 9.10. The molecule has 0 saturated heterocycles. The predicted octanol–water partition coefficient (Wildman–Crippen LogP) is 5.38. The summed E-state index contributed by atoms with van der Waals surface area (Å²) in [7, 11) is 0. The molecule has 3 aromatic rings. The molecule has 3 rings (SSSR count). The second-order valence-corrected chi connectivity index (χ2v) is 9.63. The number of hydrogen-bond donors (Lipinski definition) is 1. The topological polar surface area (TPSA) is 58.6 Å². The predicted molar refractivity (Wildman–Crippen MR) is 138 cm³/mol. The van der Waals surface area contributed by atoms with Crippen molar-refractivity contribution < 1.29 is 18.7 Å². The van der Waals surface area contributed by atoms with E-state index in [2.05, 4.69) is 21.2 Å². The summed E-state index contributed by atoms with van der Waals surface area (Å²) in [6.45, 7) is 4.33. The lowest BCUT2D eigenvalue weighted by atomic mass is 10.0. The zero-order chi connectivity index (χ0) is 25.2. The number of amides is 2. The van der Waals surface area contributed by atoms with Crippen LogP contribution in [0.3, 0.4) is 0 Å². The second kappa shape index (κ2) is 13.0. The third kappa shape index (κ3) is 8.21. The Morgan fingerprint density at radius 3 is 2.34 bits per heavy atom. The maximum Gasteiger partial charge on any atom is 0.261 e. The van der Waals surface area contributed by atoms with Gasteiger partial charge in [-0.1, -0.05) is 84.4 Å². The van der Waals surface area contributed by atoms with Crippen molar-refractivity contribution in [2.75, 3.05) is 13.2 Å². The summed E-state index contributed by atoms with van der Waals surface area (Å²) in [6, 6.07) is 22.3. The van der Waals surface area contributed by atoms with Crippen molar-refractivity contribution in [3.8, 4) is 5.75 Å². The summed E-state index contributed by atoms with van der Waals surface area (Å²) >= 11 is 3.47. The smallest absolute Gasteiger partial charge is 0.261 e. The van der Waals surface area contributed by atoms with Crippen molar-refractivity contribution in [3.05, 3.63) is 100 Å². The monoisotopic (exact) mass is 540 g/mol. The molecule has 0 aliphatic carbocycles. The largest absolute Gasteiger partial charge is 0.481 e. The molecule has 0 bridgehead atoms. The average Bonchev–Trinajstić information content (AvgIpc) is 2.84.